The molecule has 5 heteroatoms. The predicted molar refractivity (Wildman–Crippen MR) is 114 cm³/mol. The minimum Gasteiger partial charge on any atom is -0.482 e. The number of piperidine rings is 1. The van der Waals surface area contributed by atoms with Crippen molar-refractivity contribution >= 4 is 28.9 Å². The fraction of sp³-hybridized carbons (Fsp3) is 0.409. The van der Waals surface area contributed by atoms with E-state index in [-0.39, 0.29) is 5.91 Å². The zero-order valence-electron chi connectivity index (χ0n) is 16.0. The normalized spacial score (nSPS) is 17.8. The van der Waals surface area contributed by atoms with Gasteiger partial charge in [-0.15, -0.1) is 0 Å². The molecule has 0 unspecified atom stereocenters. The Kier molecular flexibility index (Phi) is 4.82. The van der Waals surface area contributed by atoms with Gasteiger partial charge in [0.2, 0.25) is 5.91 Å². The average molecular weight is 477 g/mol. The van der Waals surface area contributed by atoms with Crippen LogP contribution in [0.1, 0.15) is 49.8 Å². The molecule has 0 aliphatic carbocycles. The Bertz CT molecular complexity index is 907. The first-order valence-electron chi connectivity index (χ1n) is 9.43. The van der Waals surface area contributed by atoms with Gasteiger partial charge in [0.15, 0.2) is 23.0 Å². The van der Waals surface area contributed by atoms with Crippen molar-refractivity contribution in [3.63, 3.8) is 0 Å². The second kappa shape index (κ2) is 7.00. The maximum absolute atomic E-state index is 12.2. The van der Waals surface area contributed by atoms with Crippen LogP contribution in [-0.4, -0.2) is 17.4 Å². The van der Waals surface area contributed by atoms with Crippen LogP contribution in [0.2, 0.25) is 0 Å². The third kappa shape index (κ3) is 3.42. The highest BCUT2D eigenvalue weighted by Gasteiger charge is 2.35. The van der Waals surface area contributed by atoms with E-state index in [4.69, 9.17) is 7.80 Å². The van der Waals surface area contributed by atoms with Crippen molar-refractivity contribution in [1.82, 2.24) is 4.90 Å². The highest BCUT2D eigenvalue weighted by molar-refractivity contribution is 14.1. The summed E-state index contributed by atoms with van der Waals surface area (Å²) in [5.74, 6) is 1.85. The smallest absolute Gasteiger partial charge is 0.222 e. The van der Waals surface area contributed by atoms with E-state index in [0.717, 1.165) is 53.1 Å². The van der Waals surface area contributed by atoms with Crippen molar-refractivity contribution < 1.29 is 12.6 Å². The first kappa shape index (κ1) is 18.6. The molecule has 2 aromatic carbocycles. The molecule has 2 aliphatic rings. The van der Waals surface area contributed by atoms with Gasteiger partial charge in [-0.2, -0.15) is 0 Å². The van der Waals surface area contributed by atoms with E-state index in [1.165, 1.54) is 5.56 Å². The molecule has 0 atom stereocenters. The number of carbonyl (C=O) groups is 1. The van der Waals surface area contributed by atoms with Gasteiger partial charge in [-0.3, -0.25) is 4.79 Å². The SMILES string of the molecule is Cc1ccc2c(c1)-c1c(OI)cc(CN3CCCCC3=O)cc1OC2(C)C. The summed E-state index contributed by atoms with van der Waals surface area (Å²) in [6, 6.07) is 10.6. The van der Waals surface area contributed by atoms with Gasteiger partial charge in [0.05, 0.1) is 5.56 Å². The van der Waals surface area contributed by atoms with Crippen LogP contribution in [0.25, 0.3) is 11.1 Å². The number of aryl methyl sites for hydroxylation is 1. The van der Waals surface area contributed by atoms with Crippen molar-refractivity contribution in [3.8, 4) is 22.6 Å². The van der Waals surface area contributed by atoms with Gasteiger partial charge in [-0.1, -0.05) is 23.8 Å². The summed E-state index contributed by atoms with van der Waals surface area (Å²) in [6.45, 7) is 7.71. The maximum Gasteiger partial charge on any atom is 0.222 e. The molecular formula is C22H24INO3. The number of nitrogens with zero attached hydrogens (tertiary/aromatic N) is 1. The van der Waals surface area contributed by atoms with Crippen LogP contribution in [0, 0.1) is 6.92 Å². The highest BCUT2D eigenvalue weighted by Crippen LogP contribution is 2.50. The van der Waals surface area contributed by atoms with Gasteiger partial charge in [0, 0.05) is 25.1 Å². The van der Waals surface area contributed by atoms with E-state index in [0.29, 0.717) is 13.0 Å². The van der Waals surface area contributed by atoms with Crippen LogP contribution in [0.5, 0.6) is 11.5 Å². The Labute approximate surface area is 174 Å². The van der Waals surface area contributed by atoms with Gasteiger partial charge in [0.1, 0.15) is 17.1 Å². The second-order valence-corrected chi connectivity index (χ2v) is 8.42. The van der Waals surface area contributed by atoms with E-state index < -0.39 is 5.60 Å². The van der Waals surface area contributed by atoms with Crippen LogP contribution in [0.3, 0.4) is 0 Å². The molecule has 0 radical (unpaired) electrons. The number of benzene rings is 2. The Balaban J connectivity index is 1.80. The average Bonchev–Trinajstić information content (AvgIpc) is 2.62. The molecule has 2 aliphatic heterocycles. The molecular weight excluding hydrogens is 453 g/mol. The lowest BCUT2D eigenvalue weighted by Gasteiger charge is -2.36. The number of hydrogen-bond donors (Lipinski definition) is 0. The number of amides is 1. The molecule has 27 heavy (non-hydrogen) atoms. The lowest BCUT2D eigenvalue weighted by Crippen LogP contribution is -2.34. The number of hydrogen-bond acceptors (Lipinski definition) is 3. The first-order chi connectivity index (χ1) is 12.9. The fourth-order valence-electron chi connectivity index (χ4n) is 4.11. The van der Waals surface area contributed by atoms with Crippen molar-refractivity contribution in [2.45, 2.75) is 52.2 Å². The van der Waals surface area contributed by atoms with E-state index in [9.17, 15) is 4.79 Å². The molecule has 0 aromatic heterocycles. The van der Waals surface area contributed by atoms with Crippen LogP contribution in [-0.2, 0) is 16.9 Å². The molecule has 0 N–H and O–H groups in total. The maximum atomic E-state index is 12.2. The molecule has 1 fully saturated rings. The number of carbonyl (C=O) groups excluding carboxylic acids is 1. The number of fused-ring (bicyclic) bond motifs is 3. The Hall–Kier alpha value is -1.76. The van der Waals surface area contributed by atoms with E-state index >= 15 is 0 Å². The predicted octanol–water partition coefficient (Wildman–Crippen LogP) is 5.53. The fourth-order valence-corrected chi connectivity index (χ4v) is 4.46. The van der Waals surface area contributed by atoms with Gasteiger partial charge < -0.3 is 12.7 Å². The molecule has 2 heterocycles. The van der Waals surface area contributed by atoms with Crippen LogP contribution in [0.4, 0.5) is 0 Å². The van der Waals surface area contributed by atoms with Gasteiger partial charge in [-0.25, -0.2) is 0 Å². The van der Waals surface area contributed by atoms with Gasteiger partial charge in [-0.05, 0) is 56.9 Å². The van der Waals surface area contributed by atoms with Gasteiger partial charge >= 0.3 is 0 Å². The van der Waals surface area contributed by atoms with Crippen LogP contribution < -0.4 is 7.80 Å². The zero-order valence-corrected chi connectivity index (χ0v) is 18.1. The minimum atomic E-state index is -0.419. The lowest BCUT2D eigenvalue weighted by molar-refractivity contribution is -0.133. The first-order valence-corrected chi connectivity index (χ1v) is 10.3. The van der Waals surface area contributed by atoms with Crippen molar-refractivity contribution in [2.24, 2.45) is 0 Å². The van der Waals surface area contributed by atoms with Crippen molar-refractivity contribution in [1.29, 1.82) is 0 Å². The number of ether oxygens (including phenoxy) is 1. The highest BCUT2D eigenvalue weighted by atomic mass is 127. The topological polar surface area (TPSA) is 38.8 Å². The zero-order chi connectivity index (χ0) is 19.2. The molecule has 2 aromatic rings. The molecule has 0 saturated carbocycles. The summed E-state index contributed by atoms with van der Waals surface area (Å²) < 4.78 is 12.1. The summed E-state index contributed by atoms with van der Waals surface area (Å²) in [5.41, 5.74) is 5.15. The monoisotopic (exact) mass is 477 g/mol. The Morgan fingerprint density at radius 2 is 2.04 bits per heavy atom. The minimum absolute atomic E-state index is 0.234. The number of rotatable bonds is 3. The van der Waals surface area contributed by atoms with Crippen molar-refractivity contribution in [2.75, 3.05) is 6.54 Å². The second-order valence-electron chi connectivity index (χ2n) is 7.98. The Morgan fingerprint density at radius 1 is 1.22 bits per heavy atom. The lowest BCUT2D eigenvalue weighted by atomic mass is 9.84. The van der Waals surface area contributed by atoms with Crippen molar-refractivity contribution in [3.05, 3.63) is 47.0 Å². The number of halogens is 1. The van der Waals surface area contributed by atoms with E-state index in [2.05, 4.69) is 45.0 Å². The molecule has 1 saturated heterocycles. The summed E-state index contributed by atoms with van der Waals surface area (Å²) in [4.78, 5) is 14.1. The molecule has 0 spiro atoms. The van der Waals surface area contributed by atoms with Crippen LogP contribution >= 0.6 is 23.0 Å². The van der Waals surface area contributed by atoms with Crippen LogP contribution in [0.15, 0.2) is 30.3 Å². The quantitative estimate of drug-likeness (QED) is 0.546. The molecule has 0 bridgehead atoms. The molecule has 1 amide bonds. The Morgan fingerprint density at radius 3 is 2.78 bits per heavy atom. The van der Waals surface area contributed by atoms with E-state index in [1.807, 2.05) is 34.0 Å². The molecule has 142 valence electrons. The summed E-state index contributed by atoms with van der Waals surface area (Å²) in [5, 5.41) is 0. The number of likely N-dealkylation sites (tertiary alicyclic amines) is 1. The standard InChI is InChI=1S/C22H24INO3/c1-14-7-8-17-16(10-14)21-18(26-22(17,2)3)11-15(12-19(21)27-23)13-24-9-5-4-6-20(24)25/h7-8,10-12H,4-6,9,13H2,1-3H3. The third-order valence-corrected chi connectivity index (χ3v) is 5.94. The van der Waals surface area contributed by atoms with Gasteiger partial charge in [0.25, 0.3) is 0 Å². The largest absolute Gasteiger partial charge is 0.482 e. The summed E-state index contributed by atoms with van der Waals surface area (Å²) in [6.07, 6.45) is 2.72. The molecule has 4 rings (SSSR count). The van der Waals surface area contributed by atoms with E-state index in [1.54, 1.807) is 0 Å². The third-order valence-electron chi connectivity index (χ3n) is 5.46. The summed E-state index contributed by atoms with van der Waals surface area (Å²) in [7, 11) is 0. The summed E-state index contributed by atoms with van der Waals surface area (Å²) >= 11 is 1.93. The molecule has 4 nitrogen and oxygen atoms in total.